The minimum Gasteiger partial charge on any atom is -0.508 e. The van der Waals surface area contributed by atoms with Crippen LogP contribution in [0.3, 0.4) is 0 Å². The van der Waals surface area contributed by atoms with Crippen molar-refractivity contribution in [3.63, 3.8) is 0 Å². The Labute approximate surface area is 153 Å². The van der Waals surface area contributed by atoms with Gasteiger partial charge in [0.2, 0.25) is 0 Å². The van der Waals surface area contributed by atoms with Gasteiger partial charge in [0.25, 0.3) is 0 Å². The van der Waals surface area contributed by atoms with Crippen molar-refractivity contribution in [2.75, 3.05) is 7.11 Å². The highest BCUT2D eigenvalue weighted by Gasteiger charge is 2.34. The van der Waals surface area contributed by atoms with Gasteiger partial charge in [0.1, 0.15) is 17.6 Å². The lowest BCUT2D eigenvalue weighted by atomic mass is 9.90. The van der Waals surface area contributed by atoms with Crippen LogP contribution in [0.25, 0.3) is 10.9 Å². The topological polar surface area (TPSA) is 74.4 Å². The number of hydrogen-bond acceptors (Lipinski definition) is 4. The number of carbonyl (C=O) groups excluding carboxylic acids is 1. The molecule has 2 aromatic carbocycles. The summed E-state index contributed by atoms with van der Waals surface area (Å²) in [7, 11) is 1.34. The molecule has 1 aromatic heterocycles. The van der Waals surface area contributed by atoms with Gasteiger partial charge in [-0.2, -0.15) is 0 Å². The number of esters is 1. The SMILES string of the molecule is COC(=O)C1Cc2c([nH]c3cc(F)c(Cl)cc23)C(c2cccc(O)c2)N1. The van der Waals surface area contributed by atoms with Gasteiger partial charge in [0.15, 0.2) is 0 Å². The number of benzene rings is 2. The molecule has 3 aromatic rings. The predicted molar refractivity (Wildman–Crippen MR) is 95.9 cm³/mol. The van der Waals surface area contributed by atoms with Gasteiger partial charge in [-0.15, -0.1) is 0 Å². The van der Waals surface area contributed by atoms with Crippen LogP contribution in [0, 0.1) is 5.82 Å². The monoisotopic (exact) mass is 374 g/mol. The number of methoxy groups -OCH3 is 1. The van der Waals surface area contributed by atoms with E-state index in [1.807, 2.05) is 6.07 Å². The Kier molecular flexibility index (Phi) is 4.09. The van der Waals surface area contributed by atoms with Gasteiger partial charge in [-0.1, -0.05) is 23.7 Å². The number of aromatic hydroxyl groups is 1. The number of halogens is 2. The second kappa shape index (κ2) is 6.30. The van der Waals surface area contributed by atoms with Gasteiger partial charge in [0, 0.05) is 23.0 Å². The zero-order chi connectivity index (χ0) is 18.4. The molecule has 0 spiro atoms. The summed E-state index contributed by atoms with van der Waals surface area (Å²) in [5.74, 6) is -0.774. The first kappa shape index (κ1) is 16.9. The van der Waals surface area contributed by atoms with E-state index in [4.69, 9.17) is 16.3 Å². The number of H-pyrrole nitrogens is 1. The molecule has 2 heterocycles. The number of fused-ring (bicyclic) bond motifs is 3. The van der Waals surface area contributed by atoms with Crippen molar-refractivity contribution in [1.82, 2.24) is 10.3 Å². The summed E-state index contributed by atoms with van der Waals surface area (Å²) in [5.41, 5.74) is 3.07. The average Bonchev–Trinajstić information content (AvgIpc) is 2.98. The fraction of sp³-hybridized carbons (Fsp3) is 0.211. The van der Waals surface area contributed by atoms with E-state index in [0.29, 0.717) is 11.9 Å². The van der Waals surface area contributed by atoms with Crippen LogP contribution >= 0.6 is 11.6 Å². The lowest BCUT2D eigenvalue weighted by Gasteiger charge is -2.30. The molecule has 3 N–H and O–H groups in total. The number of phenolic OH excluding ortho intramolecular Hbond substituents is 1. The Morgan fingerprint density at radius 3 is 2.88 bits per heavy atom. The molecule has 0 amide bonds. The number of phenols is 1. The minimum atomic E-state index is -0.567. The van der Waals surface area contributed by atoms with Gasteiger partial charge in [0.05, 0.1) is 18.2 Å². The third kappa shape index (κ3) is 2.71. The van der Waals surface area contributed by atoms with Crippen molar-refractivity contribution < 1.29 is 19.0 Å². The Morgan fingerprint density at radius 2 is 2.15 bits per heavy atom. The Bertz CT molecular complexity index is 1020. The lowest BCUT2D eigenvalue weighted by molar-refractivity contribution is -0.143. The third-order valence-electron chi connectivity index (χ3n) is 4.73. The number of ether oxygens (including phenoxy) is 1. The fourth-order valence-corrected chi connectivity index (χ4v) is 3.70. The molecule has 1 aliphatic heterocycles. The van der Waals surface area contributed by atoms with Crippen LogP contribution in [0.5, 0.6) is 5.75 Å². The molecule has 2 atom stereocenters. The molecule has 0 fully saturated rings. The smallest absolute Gasteiger partial charge is 0.323 e. The normalized spacial score (nSPS) is 19.3. The Hall–Kier alpha value is -2.57. The molecule has 2 unspecified atom stereocenters. The van der Waals surface area contributed by atoms with Crippen LogP contribution in [-0.4, -0.2) is 29.2 Å². The van der Waals surface area contributed by atoms with Crippen molar-refractivity contribution in [2.24, 2.45) is 0 Å². The number of carbonyl (C=O) groups is 1. The second-order valence-electron chi connectivity index (χ2n) is 6.30. The molecule has 1 aliphatic rings. The maximum atomic E-state index is 13.9. The van der Waals surface area contributed by atoms with Gasteiger partial charge >= 0.3 is 5.97 Å². The van der Waals surface area contributed by atoms with Crippen LogP contribution in [0.2, 0.25) is 5.02 Å². The Balaban J connectivity index is 1.92. The van der Waals surface area contributed by atoms with Crippen LogP contribution in [0.4, 0.5) is 4.39 Å². The number of rotatable bonds is 2. The van der Waals surface area contributed by atoms with E-state index < -0.39 is 11.9 Å². The number of aromatic nitrogens is 1. The van der Waals surface area contributed by atoms with Crippen molar-refractivity contribution in [3.05, 3.63) is 64.1 Å². The van der Waals surface area contributed by atoms with Crippen LogP contribution in [0.15, 0.2) is 36.4 Å². The standard InChI is InChI=1S/C19H16ClFN2O3/c1-26-19(25)16-7-12-11-6-13(20)14(21)8-15(11)22-18(12)17(23-16)9-3-2-4-10(24)5-9/h2-6,8,16-17,22-24H,7H2,1H3. The van der Waals surface area contributed by atoms with E-state index in [-0.39, 0.29) is 22.8 Å². The third-order valence-corrected chi connectivity index (χ3v) is 5.02. The molecule has 0 saturated carbocycles. The first-order valence-corrected chi connectivity index (χ1v) is 8.48. The highest BCUT2D eigenvalue weighted by atomic mass is 35.5. The highest BCUT2D eigenvalue weighted by Crippen LogP contribution is 2.37. The quantitative estimate of drug-likeness (QED) is 0.601. The van der Waals surface area contributed by atoms with Crippen LogP contribution in [-0.2, 0) is 16.0 Å². The molecular formula is C19H16ClFN2O3. The van der Waals surface area contributed by atoms with Gasteiger partial charge in [-0.25, -0.2) is 4.39 Å². The largest absolute Gasteiger partial charge is 0.508 e. The molecule has 0 aliphatic carbocycles. The molecule has 0 saturated heterocycles. The molecule has 134 valence electrons. The number of hydrogen-bond donors (Lipinski definition) is 3. The molecule has 0 radical (unpaired) electrons. The van der Waals surface area contributed by atoms with Gasteiger partial charge in [-0.3, -0.25) is 10.1 Å². The minimum absolute atomic E-state index is 0.0290. The molecule has 7 heteroatoms. The van der Waals surface area contributed by atoms with E-state index in [2.05, 4.69) is 10.3 Å². The lowest BCUT2D eigenvalue weighted by Crippen LogP contribution is -2.45. The van der Waals surface area contributed by atoms with E-state index in [1.54, 1.807) is 24.3 Å². The van der Waals surface area contributed by atoms with Crippen LogP contribution in [0.1, 0.15) is 22.9 Å². The maximum absolute atomic E-state index is 13.9. The van der Waals surface area contributed by atoms with Crippen LogP contribution < -0.4 is 5.32 Å². The molecular weight excluding hydrogens is 359 g/mol. The van der Waals surface area contributed by atoms with Crippen molar-refractivity contribution >= 4 is 28.5 Å². The zero-order valence-corrected chi connectivity index (χ0v) is 14.6. The highest BCUT2D eigenvalue weighted by molar-refractivity contribution is 6.31. The van der Waals surface area contributed by atoms with Crippen molar-refractivity contribution in [2.45, 2.75) is 18.5 Å². The Morgan fingerprint density at radius 1 is 1.35 bits per heavy atom. The predicted octanol–water partition coefficient (Wildman–Crippen LogP) is 3.44. The van der Waals surface area contributed by atoms with E-state index in [9.17, 15) is 14.3 Å². The summed E-state index contributed by atoms with van der Waals surface area (Å²) < 4.78 is 18.8. The first-order valence-electron chi connectivity index (χ1n) is 8.10. The molecule has 26 heavy (non-hydrogen) atoms. The van der Waals surface area contributed by atoms with E-state index in [0.717, 1.165) is 22.2 Å². The second-order valence-corrected chi connectivity index (χ2v) is 6.71. The molecule has 4 rings (SSSR count). The zero-order valence-electron chi connectivity index (χ0n) is 13.8. The van der Waals surface area contributed by atoms with Gasteiger partial charge < -0.3 is 14.8 Å². The van der Waals surface area contributed by atoms with E-state index >= 15 is 0 Å². The summed E-state index contributed by atoms with van der Waals surface area (Å²) in [5, 5.41) is 13.9. The number of nitrogens with one attached hydrogen (secondary N) is 2. The summed E-state index contributed by atoms with van der Waals surface area (Å²) >= 11 is 5.96. The van der Waals surface area contributed by atoms with Gasteiger partial charge in [-0.05, 0) is 35.4 Å². The molecule has 0 bridgehead atoms. The van der Waals surface area contributed by atoms with Crippen molar-refractivity contribution in [1.29, 1.82) is 0 Å². The maximum Gasteiger partial charge on any atom is 0.323 e. The number of aromatic amines is 1. The summed E-state index contributed by atoms with van der Waals surface area (Å²) in [6.45, 7) is 0. The summed E-state index contributed by atoms with van der Waals surface area (Å²) in [4.78, 5) is 15.4. The summed E-state index contributed by atoms with van der Waals surface area (Å²) in [6, 6.07) is 8.74. The average molecular weight is 375 g/mol. The first-order chi connectivity index (χ1) is 12.5. The molecule has 5 nitrogen and oxygen atoms in total. The fourth-order valence-electron chi connectivity index (χ4n) is 3.54. The van der Waals surface area contributed by atoms with Crippen molar-refractivity contribution in [3.8, 4) is 5.75 Å². The summed E-state index contributed by atoms with van der Waals surface area (Å²) in [6.07, 6.45) is 0.388. The van der Waals surface area contributed by atoms with E-state index in [1.165, 1.54) is 13.2 Å².